The van der Waals surface area contributed by atoms with Crippen molar-refractivity contribution in [2.75, 3.05) is 0 Å². The van der Waals surface area contributed by atoms with Crippen LogP contribution < -0.4 is 0 Å². The molecule has 1 aromatic carbocycles. The second-order valence-electron chi connectivity index (χ2n) is 2.37. The Morgan fingerprint density at radius 1 is 1.19 bits per heavy atom. The van der Waals surface area contributed by atoms with E-state index in [4.69, 9.17) is 11.6 Å². The van der Waals surface area contributed by atoms with E-state index in [9.17, 15) is 0 Å². The van der Waals surface area contributed by atoms with E-state index in [0.29, 0.717) is 5.17 Å². The van der Waals surface area contributed by atoms with E-state index in [1.807, 2.05) is 52.0 Å². The van der Waals surface area contributed by atoms with Crippen LogP contribution in [0.5, 0.6) is 0 Å². The summed E-state index contributed by atoms with van der Waals surface area (Å²) in [4.78, 5) is 4.14. The Bertz CT molecular complexity index is 312. The van der Waals surface area contributed by atoms with Crippen LogP contribution in [0.3, 0.4) is 0 Å². The summed E-state index contributed by atoms with van der Waals surface area (Å²) in [7, 11) is 0. The largest absolute Gasteiger partial charge is 0.241 e. The van der Waals surface area contributed by atoms with Gasteiger partial charge in [0.15, 0.2) is 0 Å². The van der Waals surface area contributed by atoms with E-state index in [2.05, 4.69) is 11.6 Å². The number of hydrogen-bond acceptors (Lipinski definition) is 1. The molecule has 0 aliphatic heterocycles. The minimum Gasteiger partial charge on any atom is -0.241 e. The van der Waals surface area contributed by atoms with E-state index in [1.54, 1.807) is 13.0 Å². The highest BCUT2D eigenvalue weighted by molar-refractivity contribution is 6.65. The zero-order chi connectivity index (χ0) is 13.0. The van der Waals surface area contributed by atoms with Crippen molar-refractivity contribution < 1.29 is 0 Å². The highest BCUT2D eigenvalue weighted by Gasteiger charge is 1.94. The van der Waals surface area contributed by atoms with Gasteiger partial charge < -0.3 is 0 Å². The van der Waals surface area contributed by atoms with Crippen molar-refractivity contribution >= 4 is 28.5 Å². The van der Waals surface area contributed by atoms with Gasteiger partial charge in [-0.1, -0.05) is 70.1 Å². The number of para-hydroxylation sites is 1. The Kier molecular flexibility index (Phi) is 13.0. The molecule has 0 aliphatic rings. The van der Waals surface area contributed by atoms with Gasteiger partial charge in [0.25, 0.3) is 0 Å². The molecular weight excluding hydrogens is 218 g/mol. The summed E-state index contributed by atoms with van der Waals surface area (Å²) >= 11 is 5.66. The SMILES string of the molecule is C=Cc1ccccc1N=C(C)Cl.CC.CC. The molecule has 0 radical (unpaired) electrons. The highest BCUT2D eigenvalue weighted by Crippen LogP contribution is 2.19. The first kappa shape index (κ1) is 17.3. The van der Waals surface area contributed by atoms with Crippen LogP contribution >= 0.6 is 11.6 Å². The van der Waals surface area contributed by atoms with Crippen LogP contribution in [0, 0.1) is 0 Å². The van der Waals surface area contributed by atoms with Gasteiger partial charge in [-0.05, 0) is 18.6 Å². The van der Waals surface area contributed by atoms with Crippen molar-refractivity contribution in [2.45, 2.75) is 34.6 Å². The second-order valence-corrected chi connectivity index (χ2v) is 2.92. The Morgan fingerprint density at radius 2 is 1.69 bits per heavy atom. The molecule has 0 saturated carbocycles. The van der Waals surface area contributed by atoms with Gasteiger partial charge in [-0.15, -0.1) is 0 Å². The molecule has 0 aliphatic carbocycles. The lowest BCUT2D eigenvalue weighted by atomic mass is 10.2. The fourth-order valence-corrected chi connectivity index (χ4v) is 1.02. The van der Waals surface area contributed by atoms with E-state index in [0.717, 1.165) is 11.3 Å². The van der Waals surface area contributed by atoms with Gasteiger partial charge in [0, 0.05) is 0 Å². The molecule has 0 N–H and O–H groups in total. The molecule has 0 heterocycles. The van der Waals surface area contributed by atoms with E-state index in [-0.39, 0.29) is 0 Å². The molecule has 0 bridgehead atoms. The molecule has 1 nitrogen and oxygen atoms in total. The summed E-state index contributed by atoms with van der Waals surface area (Å²) in [6.07, 6.45) is 1.76. The number of benzene rings is 1. The first-order chi connectivity index (χ1) is 7.74. The summed E-state index contributed by atoms with van der Waals surface area (Å²) in [5.74, 6) is 0. The second kappa shape index (κ2) is 12.0. The molecule has 16 heavy (non-hydrogen) atoms. The Labute approximate surface area is 105 Å². The number of hydrogen-bond donors (Lipinski definition) is 0. The molecule has 1 rings (SSSR count). The third-order valence-corrected chi connectivity index (χ3v) is 1.52. The maximum atomic E-state index is 5.66. The van der Waals surface area contributed by atoms with E-state index in [1.165, 1.54) is 0 Å². The van der Waals surface area contributed by atoms with Crippen molar-refractivity contribution in [3.05, 3.63) is 36.4 Å². The van der Waals surface area contributed by atoms with Crippen LogP contribution in [0.15, 0.2) is 35.8 Å². The zero-order valence-corrected chi connectivity index (χ0v) is 11.7. The number of nitrogens with zero attached hydrogens (tertiary/aromatic N) is 1. The molecule has 2 heteroatoms. The highest BCUT2D eigenvalue weighted by atomic mass is 35.5. The maximum Gasteiger partial charge on any atom is 0.103 e. The van der Waals surface area contributed by atoms with Gasteiger partial charge in [-0.25, -0.2) is 4.99 Å². The molecular formula is C14H22ClN. The summed E-state index contributed by atoms with van der Waals surface area (Å²) in [5, 5.41) is 0.532. The van der Waals surface area contributed by atoms with E-state index >= 15 is 0 Å². The van der Waals surface area contributed by atoms with Crippen molar-refractivity contribution in [3.63, 3.8) is 0 Å². The molecule has 0 unspecified atom stereocenters. The average molecular weight is 240 g/mol. The minimum absolute atomic E-state index is 0.532. The molecule has 0 atom stereocenters. The zero-order valence-electron chi connectivity index (χ0n) is 10.9. The van der Waals surface area contributed by atoms with Crippen LogP contribution in [0.2, 0.25) is 0 Å². The molecule has 0 aromatic heterocycles. The van der Waals surface area contributed by atoms with Crippen molar-refractivity contribution in [3.8, 4) is 0 Å². The molecule has 90 valence electrons. The Balaban J connectivity index is 0. The lowest BCUT2D eigenvalue weighted by molar-refractivity contribution is 1.50. The predicted octanol–water partition coefficient (Wildman–Crippen LogP) is 5.67. The van der Waals surface area contributed by atoms with Crippen LogP contribution in [0.25, 0.3) is 6.08 Å². The molecule has 0 saturated heterocycles. The van der Waals surface area contributed by atoms with Crippen molar-refractivity contribution in [1.29, 1.82) is 0 Å². The molecule has 1 aromatic rings. The minimum atomic E-state index is 0.532. The van der Waals surface area contributed by atoms with Gasteiger partial charge in [-0.3, -0.25) is 0 Å². The van der Waals surface area contributed by atoms with Crippen LogP contribution in [0.1, 0.15) is 40.2 Å². The number of rotatable bonds is 2. The maximum absolute atomic E-state index is 5.66. The molecule has 0 spiro atoms. The first-order valence-corrected chi connectivity index (χ1v) is 6.04. The van der Waals surface area contributed by atoms with E-state index < -0.39 is 0 Å². The Morgan fingerprint density at radius 3 is 2.12 bits per heavy atom. The van der Waals surface area contributed by atoms with Gasteiger partial charge in [0.1, 0.15) is 5.17 Å². The molecule has 0 amide bonds. The van der Waals surface area contributed by atoms with Gasteiger partial charge in [0.2, 0.25) is 0 Å². The third kappa shape index (κ3) is 7.24. The van der Waals surface area contributed by atoms with Gasteiger partial charge in [0.05, 0.1) is 5.69 Å². The van der Waals surface area contributed by atoms with Crippen LogP contribution in [0.4, 0.5) is 5.69 Å². The first-order valence-electron chi connectivity index (χ1n) is 5.66. The fraction of sp³-hybridized carbons (Fsp3) is 0.357. The van der Waals surface area contributed by atoms with Gasteiger partial charge >= 0.3 is 0 Å². The molecule has 0 fully saturated rings. The van der Waals surface area contributed by atoms with Crippen LogP contribution in [-0.4, -0.2) is 5.17 Å². The average Bonchev–Trinajstić information content (AvgIpc) is 2.34. The summed E-state index contributed by atoms with van der Waals surface area (Å²) in [6.45, 7) is 13.4. The normalized spacial score (nSPS) is 9.25. The van der Waals surface area contributed by atoms with Crippen LogP contribution in [-0.2, 0) is 0 Å². The predicted molar refractivity (Wildman–Crippen MR) is 77.9 cm³/mol. The van der Waals surface area contributed by atoms with Crippen molar-refractivity contribution in [2.24, 2.45) is 4.99 Å². The quantitative estimate of drug-likeness (QED) is 0.590. The lowest BCUT2D eigenvalue weighted by Crippen LogP contribution is -1.77. The summed E-state index contributed by atoms with van der Waals surface area (Å²) < 4.78 is 0. The van der Waals surface area contributed by atoms with Crippen molar-refractivity contribution in [1.82, 2.24) is 0 Å². The summed E-state index contributed by atoms with van der Waals surface area (Å²) in [6, 6.07) is 7.72. The topological polar surface area (TPSA) is 12.4 Å². The monoisotopic (exact) mass is 239 g/mol. The number of aliphatic imine (C=N–C) groups is 1. The third-order valence-electron chi connectivity index (χ3n) is 1.43. The number of halogens is 1. The Hall–Kier alpha value is -1.08. The standard InChI is InChI=1S/C10H10ClN.2C2H6/c1-3-9-6-4-5-7-10(9)12-8(2)11;2*1-2/h3-7H,1H2,2H3;2*1-2H3. The smallest absolute Gasteiger partial charge is 0.103 e. The summed E-state index contributed by atoms with van der Waals surface area (Å²) in [5.41, 5.74) is 1.86. The van der Waals surface area contributed by atoms with Gasteiger partial charge in [-0.2, -0.15) is 0 Å². The fourth-order valence-electron chi connectivity index (χ4n) is 0.928. The lowest BCUT2D eigenvalue weighted by Gasteiger charge is -1.98.